The molecule has 0 unspecified atom stereocenters. The molecule has 7 heteroatoms. The van der Waals surface area contributed by atoms with E-state index in [1.165, 1.54) is 6.26 Å². The van der Waals surface area contributed by atoms with Crippen LogP contribution in [0, 0.1) is 6.92 Å². The second-order valence-electron chi connectivity index (χ2n) is 6.36. The van der Waals surface area contributed by atoms with Gasteiger partial charge in [0.1, 0.15) is 17.1 Å². The van der Waals surface area contributed by atoms with Crippen molar-refractivity contribution in [2.45, 2.75) is 6.92 Å². The molecule has 0 fully saturated rings. The average Bonchev–Trinajstić information content (AvgIpc) is 3.36. The Morgan fingerprint density at radius 1 is 0.931 bits per heavy atom. The first-order valence-corrected chi connectivity index (χ1v) is 8.88. The first kappa shape index (κ1) is 18.4. The molecule has 4 aromatic rings. The van der Waals surface area contributed by atoms with Gasteiger partial charge in [-0.05, 0) is 61.5 Å². The Balaban J connectivity index is 1.51. The number of carbonyl (C=O) groups excluding carboxylic acids is 2. The Bertz CT molecular complexity index is 1170. The van der Waals surface area contributed by atoms with E-state index in [4.69, 9.17) is 13.6 Å². The lowest BCUT2D eigenvalue weighted by molar-refractivity contribution is 0.0994. The van der Waals surface area contributed by atoms with Gasteiger partial charge < -0.3 is 24.2 Å². The highest BCUT2D eigenvalue weighted by molar-refractivity contribution is 6.13. The van der Waals surface area contributed by atoms with Gasteiger partial charge in [0.05, 0.1) is 18.9 Å². The van der Waals surface area contributed by atoms with E-state index in [1.54, 1.807) is 68.6 Å². The molecule has 2 amide bonds. The zero-order valence-electron chi connectivity index (χ0n) is 15.8. The number of fused-ring (bicyclic) bond motifs is 1. The van der Waals surface area contributed by atoms with Crippen LogP contribution in [0.15, 0.2) is 69.7 Å². The molecule has 0 aliphatic heterocycles. The lowest BCUT2D eigenvalue weighted by Crippen LogP contribution is -2.13. The fourth-order valence-corrected chi connectivity index (χ4v) is 3.04. The molecular formula is C22H18N2O5. The monoisotopic (exact) mass is 390 g/mol. The lowest BCUT2D eigenvalue weighted by atomic mass is 10.1. The molecule has 2 aromatic carbocycles. The van der Waals surface area contributed by atoms with E-state index in [9.17, 15) is 9.59 Å². The number of rotatable bonds is 5. The highest BCUT2D eigenvalue weighted by atomic mass is 16.5. The molecule has 2 N–H and O–H groups in total. The topological polar surface area (TPSA) is 93.7 Å². The van der Waals surface area contributed by atoms with E-state index in [2.05, 4.69) is 10.6 Å². The van der Waals surface area contributed by atoms with Crippen LogP contribution >= 0.6 is 0 Å². The molecule has 0 saturated carbocycles. The number of aryl methyl sites for hydroxylation is 1. The zero-order chi connectivity index (χ0) is 20.4. The van der Waals surface area contributed by atoms with Gasteiger partial charge in [0, 0.05) is 16.8 Å². The molecule has 0 saturated heterocycles. The number of furan rings is 2. The van der Waals surface area contributed by atoms with Gasteiger partial charge in [-0.1, -0.05) is 0 Å². The van der Waals surface area contributed by atoms with E-state index in [-0.39, 0.29) is 17.6 Å². The molecule has 0 atom stereocenters. The summed E-state index contributed by atoms with van der Waals surface area (Å²) in [6.07, 6.45) is 1.44. The minimum absolute atomic E-state index is 0.222. The van der Waals surface area contributed by atoms with Gasteiger partial charge >= 0.3 is 0 Å². The van der Waals surface area contributed by atoms with Gasteiger partial charge in [-0.15, -0.1) is 0 Å². The van der Waals surface area contributed by atoms with Crippen LogP contribution in [0.5, 0.6) is 5.75 Å². The average molecular weight is 390 g/mol. The van der Waals surface area contributed by atoms with Crippen molar-refractivity contribution in [1.29, 1.82) is 0 Å². The van der Waals surface area contributed by atoms with Crippen molar-refractivity contribution in [3.8, 4) is 5.75 Å². The van der Waals surface area contributed by atoms with Crippen molar-refractivity contribution in [2.75, 3.05) is 17.7 Å². The summed E-state index contributed by atoms with van der Waals surface area (Å²) in [5.74, 6) is 0.750. The summed E-state index contributed by atoms with van der Waals surface area (Å²) in [5.41, 5.74) is 2.24. The Kier molecular flexibility index (Phi) is 4.78. The highest BCUT2D eigenvalue weighted by Crippen LogP contribution is 2.29. The van der Waals surface area contributed by atoms with Crippen LogP contribution < -0.4 is 15.4 Å². The van der Waals surface area contributed by atoms with Crippen molar-refractivity contribution < 1.29 is 23.2 Å². The molecule has 0 aliphatic carbocycles. The Hall–Kier alpha value is -4.00. The molecule has 29 heavy (non-hydrogen) atoms. The van der Waals surface area contributed by atoms with Crippen LogP contribution in [0.1, 0.15) is 26.7 Å². The van der Waals surface area contributed by atoms with Crippen molar-refractivity contribution >= 4 is 34.2 Å². The molecule has 7 nitrogen and oxygen atoms in total. The summed E-state index contributed by atoms with van der Waals surface area (Å²) in [6, 6.07) is 15.3. The summed E-state index contributed by atoms with van der Waals surface area (Å²) >= 11 is 0. The van der Waals surface area contributed by atoms with Crippen LogP contribution in [-0.4, -0.2) is 18.9 Å². The summed E-state index contributed by atoms with van der Waals surface area (Å²) in [6.45, 7) is 1.74. The van der Waals surface area contributed by atoms with E-state index < -0.39 is 0 Å². The molecule has 0 spiro atoms. The van der Waals surface area contributed by atoms with Gasteiger partial charge in [-0.2, -0.15) is 0 Å². The van der Waals surface area contributed by atoms with Crippen LogP contribution in [-0.2, 0) is 0 Å². The molecular weight excluding hydrogens is 372 g/mol. The van der Waals surface area contributed by atoms with Gasteiger partial charge in [0.25, 0.3) is 11.8 Å². The summed E-state index contributed by atoms with van der Waals surface area (Å²) in [4.78, 5) is 24.8. The quantitative estimate of drug-likeness (QED) is 0.508. The van der Waals surface area contributed by atoms with E-state index in [0.717, 1.165) is 0 Å². The highest BCUT2D eigenvalue weighted by Gasteiger charge is 2.19. The predicted octanol–water partition coefficient (Wildman–Crippen LogP) is 4.85. The van der Waals surface area contributed by atoms with Crippen molar-refractivity contribution in [2.24, 2.45) is 0 Å². The number of amides is 2. The summed E-state index contributed by atoms with van der Waals surface area (Å²) in [7, 11) is 1.57. The van der Waals surface area contributed by atoms with Crippen molar-refractivity contribution in [1.82, 2.24) is 0 Å². The van der Waals surface area contributed by atoms with Gasteiger partial charge in [0.2, 0.25) is 0 Å². The van der Waals surface area contributed by atoms with E-state index >= 15 is 0 Å². The van der Waals surface area contributed by atoms with Gasteiger partial charge in [-0.3, -0.25) is 9.59 Å². The number of carbonyl (C=O) groups is 2. The summed E-state index contributed by atoms with van der Waals surface area (Å²) < 4.78 is 16.0. The minimum Gasteiger partial charge on any atom is -0.497 e. The molecule has 4 rings (SSSR count). The van der Waals surface area contributed by atoms with Crippen LogP contribution in [0.2, 0.25) is 0 Å². The second-order valence-corrected chi connectivity index (χ2v) is 6.36. The van der Waals surface area contributed by atoms with Crippen LogP contribution in [0.4, 0.5) is 11.4 Å². The lowest BCUT2D eigenvalue weighted by Gasteiger charge is -2.07. The third kappa shape index (κ3) is 3.70. The largest absolute Gasteiger partial charge is 0.497 e. The van der Waals surface area contributed by atoms with Crippen molar-refractivity contribution in [3.63, 3.8) is 0 Å². The molecule has 2 aromatic heterocycles. The molecule has 0 radical (unpaired) electrons. The number of ether oxygens (including phenoxy) is 1. The number of methoxy groups -OCH3 is 1. The zero-order valence-corrected chi connectivity index (χ0v) is 15.8. The fourth-order valence-electron chi connectivity index (χ4n) is 3.04. The van der Waals surface area contributed by atoms with E-state index in [0.29, 0.717) is 39.4 Å². The Labute approximate surface area is 166 Å². The smallest absolute Gasteiger partial charge is 0.291 e. The normalized spacial score (nSPS) is 10.7. The Morgan fingerprint density at radius 2 is 1.62 bits per heavy atom. The predicted molar refractivity (Wildman–Crippen MR) is 109 cm³/mol. The maximum atomic E-state index is 12.8. The first-order valence-electron chi connectivity index (χ1n) is 8.88. The third-order valence-electron chi connectivity index (χ3n) is 4.44. The number of anilines is 2. The molecule has 146 valence electrons. The number of benzene rings is 2. The third-order valence-corrected chi connectivity index (χ3v) is 4.44. The number of hydrogen-bond acceptors (Lipinski definition) is 5. The van der Waals surface area contributed by atoms with Crippen LogP contribution in [0.3, 0.4) is 0 Å². The molecule has 0 aliphatic rings. The van der Waals surface area contributed by atoms with Crippen molar-refractivity contribution in [3.05, 3.63) is 77.9 Å². The molecule has 2 heterocycles. The maximum absolute atomic E-state index is 12.8. The maximum Gasteiger partial charge on any atom is 0.291 e. The minimum atomic E-state index is -0.346. The fraction of sp³-hybridized carbons (Fsp3) is 0.0909. The van der Waals surface area contributed by atoms with Gasteiger partial charge in [-0.25, -0.2) is 0 Å². The number of nitrogens with one attached hydrogen (secondary N) is 2. The van der Waals surface area contributed by atoms with Crippen LogP contribution in [0.25, 0.3) is 11.0 Å². The Morgan fingerprint density at radius 3 is 2.24 bits per heavy atom. The molecule has 0 bridgehead atoms. The first-order chi connectivity index (χ1) is 14.0. The standard InChI is InChI=1S/C22H18N2O5/c1-13-20(17-12-16(27-2)9-10-18(17)29-13)22(26)24-15-7-5-14(6-8-15)23-21(25)19-4-3-11-28-19/h3-12H,1-2H3,(H,23,25)(H,24,26). The SMILES string of the molecule is COc1ccc2oc(C)c(C(=O)Nc3ccc(NC(=O)c4ccco4)cc3)c2c1. The van der Waals surface area contributed by atoms with Gasteiger partial charge in [0.15, 0.2) is 5.76 Å². The second kappa shape index (κ2) is 7.55. The van der Waals surface area contributed by atoms with E-state index in [1.807, 2.05) is 0 Å². The number of hydrogen-bond donors (Lipinski definition) is 2. The summed E-state index contributed by atoms with van der Waals surface area (Å²) in [5, 5.41) is 6.26.